The molecule has 8 saturated heterocycles. The van der Waals surface area contributed by atoms with Gasteiger partial charge in [-0.15, -0.1) is 0 Å². The SMILES string of the molecule is CC(=O)NC1[C@H](OC2C(O)[C@H](O)C(CO)O[C@@H]2O[C@@H]2C(O)[C@H](O[C@@H]3C(CO)O[C@@H](O[C@@H]4C(CO)O[C@@H](O)C(NC(C)=O)[C@H]4O)C(NC(C)=O)[C@H]3O)OC(CO[C@H]3OC(CO[C@H]4OC(CO)[C@@H](O)[C@H](O)C4O)[C@@H](O)[C@H](O[C@H]4OC(CO)[C@@H](O)C(O)C4O)C3O)[C@H]2O)OC(CO)[C@@H](O)[C@@H]1O. The van der Waals surface area contributed by atoms with Crippen LogP contribution in [0, 0.1) is 0 Å². The fourth-order valence-corrected chi connectivity index (χ4v) is 12.5. The van der Waals surface area contributed by atoms with Crippen molar-refractivity contribution in [3.63, 3.8) is 0 Å². The van der Waals surface area contributed by atoms with Crippen LogP contribution in [0.5, 0.6) is 0 Å². The first-order valence-corrected chi connectivity index (χ1v) is 31.1. The van der Waals surface area contributed by atoms with Gasteiger partial charge in [-0.2, -0.15) is 0 Å². The number of aliphatic hydroxyl groups is 23. The van der Waals surface area contributed by atoms with Crippen molar-refractivity contribution in [2.45, 2.75) is 266 Å². The van der Waals surface area contributed by atoms with Crippen LogP contribution in [0.15, 0.2) is 0 Å². The summed E-state index contributed by atoms with van der Waals surface area (Å²) in [4.78, 5) is 37.4. The highest BCUT2D eigenvalue weighted by atomic mass is 16.8. The van der Waals surface area contributed by atoms with Crippen LogP contribution in [-0.4, -0.2) is 433 Å². The lowest BCUT2D eigenvalue weighted by molar-refractivity contribution is -0.396. The molecular weight excluding hydrogens is 1350 g/mol. The fraction of sp³-hybridized carbons (Fsp3) is 0.944. The number of aliphatic hydroxyl groups excluding tert-OH is 23. The minimum Gasteiger partial charge on any atom is -0.394 e. The average molecular weight is 1440 g/mol. The van der Waals surface area contributed by atoms with Crippen LogP contribution in [0.4, 0.5) is 0 Å². The van der Waals surface area contributed by atoms with Gasteiger partial charge in [0.1, 0.15) is 195 Å². The molecule has 0 aromatic rings. The summed E-state index contributed by atoms with van der Waals surface area (Å²) in [5.74, 6) is -2.54. The Morgan fingerprint density at radius 1 is 0.265 bits per heavy atom. The lowest BCUT2D eigenvalue weighted by atomic mass is 9.94. The van der Waals surface area contributed by atoms with E-state index in [1.54, 1.807) is 0 Å². The molecule has 3 amide bonds. The van der Waals surface area contributed by atoms with E-state index in [1.165, 1.54) is 0 Å². The van der Waals surface area contributed by atoms with Gasteiger partial charge in [0.2, 0.25) is 17.7 Å². The van der Waals surface area contributed by atoms with Crippen molar-refractivity contribution >= 4 is 17.7 Å². The largest absolute Gasteiger partial charge is 0.394 e. The van der Waals surface area contributed by atoms with Gasteiger partial charge < -0.3 is 204 Å². The average Bonchev–Trinajstić information content (AvgIpc) is 0.775. The van der Waals surface area contributed by atoms with E-state index in [0.717, 1.165) is 20.8 Å². The minimum absolute atomic E-state index is 0.769. The maximum Gasteiger partial charge on any atom is 0.217 e. The van der Waals surface area contributed by atoms with Crippen molar-refractivity contribution in [3.05, 3.63) is 0 Å². The first-order chi connectivity index (χ1) is 46.3. The zero-order valence-corrected chi connectivity index (χ0v) is 52.4. The third-order valence-corrected chi connectivity index (χ3v) is 17.8. The number of rotatable bonds is 25. The van der Waals surface area contributed by atoms with Gasteiger partial charge in [-0.3, -0.25) is 14.4 Å². The van der Waals surface area contributed by atoms with Gasteiger partial charge in [0.25, 0.3) is 0 Å². The minimum atomic E-state index is -2.50. The van der Waals surface area contributed by atoms with E-state index >= 15 is 0 Å². The van der Waals surface area contributed by atoms with Crippen LogP contribution in [0.3, 0.4) is 0 Å². The second-order valence-corrected chi connectivity index (χ2v) is 24.7. The molecule has 44 nitrogen and oxygen atoms in total. The molecule has 8 rings (SSSR count). The van der Waals surface area contributed by atoms with Crippen molar-refractivity contribution in [1.29, 1.82) is 0 Å². The molecule has 0 aromatic heterocycles. The van der Waals surface area contributed by atoms with Crippen LogP contribution < -0.4 is 16.0 Å². The Morgan fingerprint density at radius 3 is 1.04 bits per heavy atom. The topological polar surface area (TPSA) is 691 Å². The summed E-state index contributed by atoms with van der Waals surface area (Å²) in [7, 11) is 0. The van der Waals surface area contributed by atoms with Gasteiger partial charge in [0.05, 0.1) is 52.9 Å². The molecule has 0 aliphatic carbocycles. The van der Waals surface area contributed by atoms with E-state index in [9.17, 15) is 132 Å². The first-order valence-electron chi connectivity index (χ1n) is 31.1. The summed E-state index contributed by atoms with van der Waals surface area (Å²) < 4.78 is 87.4. The van der Waals surface area contributed by atoms with E-state index in [2.05, 4.69) is 16.0 Å². The maximum absolute atomic E-state index is 12.9. The Bertz CT molecular complexity index is 2510. The lowest BCUT2D eigenvalue weighted by Crippen LogP contribution is -2.70. The highest BCUT2D eigenvalue weighted by Gasteiger charge is 2.59. The van der Waals surface area contributed by atoms with Crippen LogP contribution in [0.25, 0.3) is 0 Å². The molecule has 0 aromatic carbocycles. The molecule has 8 aliphatic heterocycles. The summed E-state index contributed by atoms with van der Waals surface area (Å²) >= 11 is 0. The Kier molecular flexibility index (Phi) is 28.9. The molecule has 0 spiro atoms. The van der Waals surface area contributed by atoms with Crippen molar-refractivity contribution in [3.8, 4) is 0 Å². The van der Waals surface area contributed by atoms with Gasteiger partial charge in [0, 0.05) is 20.8 Å². The molecule has 0 saturated carbocycles. The van der Waals surface area contributed by atoms with Gasteiger partial charge in [-0.25, -0.2) is 0 Å². The van der Waals surface area contributed by atoms with Gasteiger partial charge in [-0.1, -0.05) is 0 Å². The zero-order chi connectivity index (χ0) is 72.2. The first kappa shape index (κ1) is 80.6. The molecule has 98 heavy (non-hydrogen) atoms. The van der Waals surface area contributed by atoms with Gasteiger partial charge in [0.15, 0.2) is 50.3 Å². The zero-order valence-electron chi connectivity index (χ0n) is 52.4. The number of ether oxygens (including phenoxy) is 15. The molecule has 568 valence electrons. The summed E-state index contributed by atoms with van der Waals surface area (Å²) in [6.45, 7) is -5.32. The number of amides is 3. The number of carbonyl (C=O) groups is 3. The molecule has 0 radical (unpaired) electrons. The van der Waals surface area contributed by atoms with E-state index < -0.39 is 316 Å². The van der Waals surface area contributed by atoms with E-state index in [-0.39, 0.29) is 0 Å². The molecule has 0 bridgehead atoms. The summed E-state index contributed by atoms with van der Waals surface area (Å²) in [5.41, 5.74) is 0. The summed E-state index contributed by atoms with van der Waals surface area (Å²) in [6, 6.07) is -5.26. The predicted molar refractivity (Wildman–Crippen MR) is 299 cm³/mol. The summed E-state index contributed by atoms with van der Waals surface area (Å²) in [6.07, 6.45) is -75.7. The third-order valence-electron chi connectivity index (χ3n) is 17.8. The quantitative estimate of drug-likeness (QED) is 0.0404. The number of carbonyl (C=O) groups excluding carboxylic acids is 3. The molecule has 8 fully saturated rings. The lowest BCUT2D eigenvalue weighted by Gasteiger charge is -2.51. The molecule has 8 aliphatic rings. The second-order valence-electron chi connectivity index (χ2n) is 24.7. The monoisotopic (exact) mass is 1440 g/mol. The molecule has 18 unspecified atom stereocenters. The molecule has 26 N–H and O–H groups in total. The van der Waals surface area contributed by atoms with Crippen molar-refractivity contribution in [2.24, 2.45) is 0 Å². The predicted octanol–water partition coefficient (Wildman–Crippen LogP) is -18.0. The van der Waals surface area contributed by atoms with Gasteiger partial charge >= 0.3 is 0 Å². The fourth-order valence-electron chi connectivity index (χ4n) is 12.5. The van der Waals surface area contributed by atoms with E-state index in [4.69, 9.17) is 71.1 Å². The summed E-state index contributed by atoms with van der Waals surface area (Å²) in [5, 5.41) is 259. The Balaban J connectivity index is 1.14. The molecule has 8 heterocycles. The normalized spacial score (nSPS) is 49.5. The smallest absolute Gasteiger partial charge is 0.217 e. The van der Waals surface area contributed by atoms with Crippen LogP contribution in [0.2, 0.25) is 0 Å². The number of nitrogens with one attached hydrogen (secondary N) is 3. The highest BCUT2D eigenvalue weighted by Crippen LogP contribution is 2.38. The highest BCUT2D eigenvalue weighted by molar-refractivity contribution is 5.74. The second kappa shape index (κ2) is 35.1. The number of hydrogen-bond donors (Lipinski definition) is 26. The Labute approximate surface area is 554 Å². The number of hydrogen-bond acceptors (Lipinski definition) is 41. The standard InChI is InChI=1S/C54H91N3O41/c1-12(64)55-23-33(74)42(19(8-62)86-47(23)83)94-49-25(57-14(3)66)34(75)43(20(9-63)91-49)95-53-41(82)45(97-54-46(37(78)29(70)18(7-61)90-54)98-48-24(56-13(2)65)32(73)26(67)15(4-58)87-48)31(72)22(93-53)11-85-51-40(81)44(96-52-39(80)36(77)28(69)17(6-60)89-52)30(71)21(92-51)10-84-50-38(79)35(76)27(68)16(5-59)88-50/h15-54,58-63,67-83H,4-11H2,1-3H3,(H,55,64)(H,56,65)(H,57,66)/t15?,16?,17?,18?,19?,20?,21?,22?,23?,24?,25?,26-,27-,28-,29-,30-,31-,32-,33-,34-,35+,36?,37?,38?,39?,40?,41?,42-,43-,44+,45+,46?,47-,48+,49+,50+,51+,52-,53+,54-/m1/s1. The van der Waals surface area contributed by atoms with Crippen molar-refractivity contribution in [2.75, 3.05) is 52.9 Å². The van der Waals surface area contributed by atoms with Crippen LogP contribution >= 0.6 is 0 Å². The third kappa shape index (κ3) is 17.6. The van der Waals surface area contributed by atoms with Gasteiger partial charge in [-0.05, 0) is 0 Å². The van der Waals surface area contributed by atoms with Crippen molar-refractivity contribution < 1.29 is 203 Å². The van der Waals surface area contributed by atoms with Crippen LogP contribution in [0.1, 0.15) is 20.8 Å². The Morgan fingerprint density at radius 2 is 0.561 bits per heavy atom. The Hall–Kier alpha value is -3.11. The van der Waals surface area contributed by atoms with E-state index in [0.29, 0.717) is 0 Å². The van der Waals surface area contributed by atoms with Crippen LogP contribution in [-0.2, 0) is 85.4 Å². The van der Waals surface area contributed by atoms with Crippen molar-refractivity contribution in [1.82, 2.24) is 16.0 Å². The maximum atomic E-state index is 12.9. The van der Waals surface area contributed by atoms with E-state index in [1.807, 2.05) is 0 Å². The molecule has 44 heteroatoms. The molecular formula is C54H91N3O41. The molecule has 40 atom stereocenters.